The lowest BCUT2D eigenvalue weighted by atomic mass is 10.1. The van der Waals surface area contributed by atoms with E-state index in [1.54, 1.807) is 48.8 Å². The summed E-state index contributed by atoms with van der Waals surface area (Å²) in [7, 11) is 0. The van der Waals surface area contributed by atoms with E-state index >= 15 is 0 Å². The Bertz CT molecular complexity index is 1150. The zero-order chi connectivity index (χ0) is 17.9. The van der Waals surface area contributed by atoms with Gasteiger partial charge in [-0.3, -0.25) is 4.79 Å². The Morgan fingerprint density at radius 1 is 0.885 bits per heavy atom. The Morgan fingerprint density at radius 2 is 1.54 bits per heavy atom. The van der Waals surface area contributed by atoms with Crippen molar-refractivity contribution < 1.29 is 5.11 Å². The molecule has 0 unspecified atom stereocenters. The molecular weight excluding hydrogens is 328 g/mol. The van der Waals surface area contributed by atoms with E-state index in [1.165, 1.54) is 10.8 Å². The minimum atomic E-state index is -0.294. The molecule has 0 fully saturated rings. The van der Waals surface area contributed by atoms with E-state index in [9.17, 15) is 9.90 Å². The van der Waals surface area contributed by atoms with Crippen molar-refractivity contribution in [3.8, 4) is 11.6 Å². The SMILES string of the molecule is O=c1c2ccccc2c(C=Nc2ncccn2)c(O)n1-c1ccccc1. The molecule has 0 amide bonds. The van der Waals surface area contributed by atoms with Gasteiger partial charge >= 0.3 is 0 Å². The third-order valence-corrected chi connectivity index (χ3v) is 3.98. The van der Waals surface area contributed by atoms with Gasteiger partial charge in [-0.15, -0.1) is 0 Å². The van der Waals surface area contributed by atoms with Crippen molar-refractivity contribution in [2.45, 2.75) is 0 Å². The number of hydrogen-bond donors (Lipinski definition) is 1. The molecule has 2 heterocycles. The van der Waals surface area contributed by atoms with Gasteiger partial charge in [0.2, 0.25) is 11.8 Å². The average molecular weight is 342 g/mol. The summed E-state index contributed by atoms with van der Waals surface area (Å²) < 4.78 is 1.27. The fourth-order valence-corrected chi connectivity index (χ4v) is 2.79. The predicted octanol–water partition coefficient (Wildman–Crippen LogP) is 3.24. The normalized spacial score (nSPS) is 11.2. The second kappa shape index (κ2) is 6.60. The molecule has 0 saturated heterocycles. The summed E-state index contributed by atoms with van der Waals surface area (Å²) in [6.45, 7) is 0. The minimum absolute atomic E-state index is 0.181. The van der Waals surface area contributed by atoms with E-state index in [-0.39, 0.29) is 17.4 Å². The highest BCUT2D eigenvalue weighted by molar-refractivity contribution is 6.02. The molecule has 1 N–H and O–H groups in total. The Labute approximate surface area is 148 Å². The maximum Gasteiger partial charge on any atom is 0.265 e. The first kappa shape index (κ1) is 15.7. The minimum Gasteiger partial charge on any atom is -0.494 e. The highest BCUT2D eigenvalue weighted by atomic mass is 16.3. The van der Waals surface area contributed by atoms with Crippen molar-refractivity contribution in [3.63, 3.8) is 0 Å². The molecule has 0 aliphatic heterocycles. The summed E-state index contributed by atoms with van der Waals surface area (Å²) in [4.78, 5) is 25.2. The lowest BCUT2D eigenvalue weighted by Gasteiger charge is -2.13. The summed E-state index contributed by atoms with van der Waals surface area (Å²) in [6, 6.07) is 17.8. The molecule has 0 aliphatic rings. The van der Waals surface area contributed by atoms with Gasteiger partial charge in [0, 0.05) is 29.4 Å². The van der Waals surface area contributed by atoms with Crippen molar-refractivity contribution in [3.05, 3.63) is 89.0 Å². The molecule has 0 bridgehead atoms. The van der Waals surface area contributed by atoms with Crippen LogP contribution < -0.4 is 5.56 Å². The average Bonchev–Trinajstić information content (AvgIpc) is 2.70. The number of pyridine rings is 1. The Balaban J connectivity index is 2.00. The molecule has 6 heteroatoms. The molecule has 0 saturated carbocycles. The summed E-state index contributed by atoms with van der Waals surface area (Å²) in [5, 5.41) is 11.9. The number of nitrogens with zero attached hydrogens (tertiary/aromatic N) is 4. The third kappa shape index (κ3) is 2.73. The zero-order valence-electron chi connectivity index (χ0n) is 13.6. The predicted molar refractivity (Wildman–Crippen MR) is 100 cm³/mol. The van der Waals surface area contributed by atoms with Crippen molar-refractivity contribution in [2.24, 2.45) is 4.99 Å². The largest absolute Gasteiger partial charge is 0.494 e. The topological polar surface area (TPSA) is 80.4 Å². The molecule has 2 aromatic heterocycles. The van der Waals surface area contributed by atoms with E-state index in [0.29, 0.717) is 22.0 Å². The lowest BCUT2D eigenvalue weighted by molar-refractivity contribution is 0.436. The highest BCUT2D eigenvalue weighted by Crippen LogP contribution is 2.26. The van der Waals surface area contributed by atoms with Crippen LogP contribution in [-0.4, -0.2) is 25.9 Å². The van der Waals surface area contributed by atoms with Crippen molar-refractivity contribution in [2.75, 3.05) is 0 Å². The number of aliphatic imine (C=N–C) groups is 1. The van der Waals surface area contributed by atoms with E-state index < -0.39 is 0 Å². The molecule has 4 aromatic rings. The van der Waals surface area contributed by atoms with Crippen molar-refractivity contribution >= 4 is 22.9 Å². The van der Waals surface area contributed by atoms with Gasteiger partial charge in [0.05, 0.1) is 11.3 Å². The third-order valence-electron chi connectivity index (χ3n) is 3.98. The lowest BCUT2D eigenvalue weighted by Crippen LogP contribution is -2.20. The highest BCUT2D eigenvalue weighted by Gasteiger charge is 2.16. The molecule has 6 nitrogen and oxygen atoms in total. The Morgan fingerprint density at radius 3 is 2.27 bits per heavy atom. The van der Waals surface area contributed by atoms with Gasteiger partial charge in [-0.05, 0) is 24.3 Å². The number of aromatic hydroxyl groups is 1. The summed E-state index contributed by atoms with van der Waals surface area (Å²) in [5.41, 5.74) is 0.709. The standard InChI is InChI=1S/C20H14N4O2/c25-18-16-10-5-4-9-15(16)17(13-23-20-21-11-6-12-22-20)19(26)24(18)14-7-2-1-3-8-14/h1-13,26H. The number of fused-ring (bicyclic) bond motifs is 1. The molecule has 0 spiro atoms. The number of aromatic nitrogens is 3. The van der Waals surface area contributed by atoms with E-state index in [1.807, 2.05) is 24.3 Å². The van der Waals surface area contributed by atoms with Gasteiger partial charge in [0.25, 0.3) is 5.56 Å². The second-order valence-corrected chi connectivity index (χ2v) is 5.57. The quantitative estimate of drug-likeness (QED) is 0.580. The molecule has 0 aliphatic carbocycles. The van der Waals surface area contributed by atoms with Crippen molar-refractivity contribution in [1.29, 1.82) is 0 Å². The van der Waals surface area contributed by atoms with Gasteiger partial charge in [0.1, 0.15) is 0 Å². The smallest absolute Gasteiger partial charge is 0.265 e. The van der Waals surface area contributed by atoms with Crippen LogP contribution in [0.15, 0.2) is 82.8 Å². The Kier molecular flexibility index (Phi) is 3.99. The van der Waals surface area contributed by atoms with E-state index in [2.05, 4.69) is 15.0 Å². The number of rotatable bonds is 3. The molecule has 2 aromatic carbocycles. The molecule has 26 heavy (non-hydrogen) atoms. The second-order valence-electron chi connectivity index (χ2n) is 5.57. The molecular formula is C20H14N4O2. The maximum absolute atomic E-state index is 12.9. The maximum atomic E-state index is 12.9. The van der Waals surface area contributed by atoms with Crippen LogP contribution in [0.1, 0.15) is 5.56 Å². The number of hydrogen-bond acceptors (Lipinski definition) is 5. The van der Waals surface area contributed by atoms with Crippen LogP contribution in [0.4, 0.5) is 5.95 Å². The first-order valence-electron chi connectivity index (χ1n) is 7.99. The summed E-state index contributed by atoms with van der Waals surface area (Å²) in [5.74, 6) is 0.0908. The van der Waals surface area contributed by atoms with Gasteiger partial charge in [-0.2, -0.15) is 0 Å². The fraction of sp³-hybridized carbons (Fsp3) is 0. The van der Waals surface area contributed by atoms with Gasteiger partial charge in [-0.1, -0.05) is 36.4 Å². The van der Waals surface area contributed by atoms with Crippen LogP contribution in [0.5, 0.6) is 5.88 Å². The van der Waals surface area contributed by atoms with Crippen LogP contribution in [0.2, 0.25) is 0 Å². The van der Waals surface area contributed by atoms with Crippen LogP contribution in [-0.2, 0) is 0 Å². The van der Waals surface area contributed by atoms with E-state index in [4.69, 9.17) is 0 Å². The van der Waals surface area contributed by atoms with E-state index in [0.717, 1.165) is 0 Å². The molecule has 0 radical (unpaired) electrons. The summed E-state index contributed by atoms with van der Waals surface area (Å²) >= 11 is 0. The van der Waals surface area contributed by atoms with Gasteiger partial charge in [-0.25, -0.2) is 19.5 Å². The van der Waals surface area contributed by atoms with Crippen LogP contribution in [0, 0.1) is 0 Å². The molecule has 4 rings (SSSR count). The molecule has 0 atom stereocenters. The van der Waals surface area contributed by atoms with Crippen molar-refractivity contribution in [1.82, 2.24) is 14.5 Å². The number of benzene rings is 2. The molecule has 126 valence electrons. The van der Waals surface area contributed by atoms with Crippen LogP contribution in [0.25, 0.3) is 16.5 Å². The van der Waals surface area contributed by atoms with Crippen LogP contribution in [0.3, 0.4) is 0 Å². The zero-order valence-corrected chi connectivity index (χ0v) is 13.6. The van der Waals surface area contributed by atoms with Crippen LogP contribution >= 0.6 is 0 Å². The number of para-hydroxylation sites is 1. The first-order valence-corrected chi connectivity index (χ1v) is 7.99. The van der Waals surface area contributed by atoms with Gasteiger partial charge < -0.3 is 5.11 Å². The van der Waals surface area contributed by atoms with Gasteiger partial charge in [0.15, 0.2) is 0 Å². The monoisotopic (exact) mass is 342 g/mol. The summed E-state index contributed by atoms with van der Waals surface area (Å²) in [6.07, 6.45) is 4.65. The first-order chi connectivity index (χ1) is 12.8. The fourth-order valence-electron chi connectivity index (χ4n) is 2.79. The Hall–Kier alpha value is -3.80.